The molecule has 2 aliphatic heterocycles. The highest BCUT2D eigenvalue weighted by atomic mass is 16.8. The van der Waals surface area contributed by atoms with Gasteiger partial charge in [-0.2, -0.15) is 0 Å². The topological polar surface area (TPSA) is 30.9 Å². The fourth-order valence-corrected chi connectivity index (χ4v) is 1.66. The van der Waals surface area contributed by atoms with Crippen molar-refractivity contribution in [2.75, 3.05) is 40.0 Å². The summed E-state index contributed by atoms with van der Waals surface area (Å²) in [6.45, 7) is 3.94. The maximum absolute atomic E-state index is 5.48. The van der Waals surface area contributed by atoms with Crippen LogP contribution in [0.25, 0.3) is 0 Å². The molecule has 0 unspecified atom stereocenters. The summed E-state index contributed by atoms with van der Waals surface area (Å²) >= 11 is 0. The predicted octanol–water partition coefficient (Wildman–Crippen LogP) is -0.351. The molecule has 0 aromatic heterocycles. The van der Waals surface area contributed by atoms with Crippen LogP contribution in [0, 0.1) is 0 Å². The van der Waals surface area contributed by atoms with E-state index in [0.717, 1.165) is 26.3 Å². The molecule has 2 rings (SSSR count). The second-order valence-electron chi connectivity index (χ2n) is 2.83. The van der Waals surface area contributed by atoms with Crippen LogP contribution < -0.4 is 0 Å². The van der Waals surface area contributed by atoms with Crippen LogP contribution in [-0.4, -0.2) is 50.8 Å². The van der Waals surface area contributed by atoms with Gasteiger partial charge in [-0.1, -0.05) is 0 Å². The molecule has 2 fully saturated rings. The number of nitrogens with zero attached hydrogens (tertiary/aromatic N) is 1. The number of fused-ring (bicyclic) bond motifs is 1. The molecule has 0 atom stereocenters. The zero-order valence-electron chi connectivity index (χ0n) is 6.71. The monoisotopic (exact) mass is 159 g/mol. The van der Waals surface area contributed by atoms with Crippen LogP contribution in [0.5, 0.6) is 0 Å². The van der Waals surface area contributed by atoms with Crippen molar-refractivity contribution in [3.8, 4) is 0 Å². The summed E-state index contributed by atoms with van der Waals surface area (Å²) in [4.78, 5) is 2.18. The highest BCUT2D eigenvalue weighted by molar-refractivity contribution is 4.82. The Hall–Kier alpha value is -0.160. The third-order valence-corrected chi connectivity index (χ3v) is 2.19. The lowest BCUT2D eigenvalue weighted by Crippen LogP contribution is -2.44. The summed E-state index contributed by atoms with van der Waals surface area (Å²) in [5, 5.41) is 0. The van der Waals surface area contributed by atoms with E-state index >= 15 is 0 Å². The van der Waals surface area contributed by atoms with Gasteiger partial charge in [0.05, 0.1) is 13.2 Å². The van der Waals surface area contributed by atoms with Gasteiger partial charge in [-0.05, 0) is 0 Å². The molecule has 0 amide bonds. The van der Waals surface area contributed by atoms with Crippen molar-refractivity contribution in [1.29, 1.82) is 0 Å². The van der Waals surface area contributed by atoms with Crippen LogP contribution in [0.3, 0.4) is 0 Å². The predicted molar refractivity (Wildman–Crippen MR) is 38.1 cm³/mol. The van der Waals surface area contributed by atoms with Crippen molar-refractivity contribution in [1.82, 2.24) is 4.90 Å². The standard InChI is InChI=1S/C7H13NO3/c1-9-6-7-8(2-4-10-7)3-5-11-7/h2-6H2,1H3. The molecule has 0 spiro atoms. The second-order valence-corrected chi connectivity index (χ2v) is 2.83. The van der Waals surface area contributed by atoms with Crippen molar-refractivity contribution in [2.24, 2.45) is 0 Å². The van der Waals surface area contributed by atoms with Gasteiger partial charge in [-0.3, -0.25) is 0 Å². The molecule has 4 heteroatoms. The maximum atomic E-state index is 5.48. The van der Waals surface area contributed by atoms with Gasteiger partial charge in [0.1, 0.15) is 6.61 Å². The summed E-state index contributed by atoms with van der Waals surface area (Å²) in [5.74, 6) is -0.533. The fraction of sp³-hybridized carbons (Fsp3) is 1.00. The molecular weight excluding hydrogens is 146 g/mol. The minimum absolute atomic E-state index is 0.507. The molecule has 2 heterocycles. The number of hydrogen-bond donors (Lipinski definition) is 0. The van der Waals surface area contributed by atoms with E-state index in [9.17, 15) is 0 Å². The molecule has 4 nitrogen and oxygen atoms in total. The third kappa shape index (κ3) is 1.06. The highest BCUT2D eigenvalue weighted by Crippen LogP contribution is 2.29. The Morgan fingerprint density at radius 1 is 1.36 bits per heavy atom. The van der Waals surface area contributed by atoms with Crippen molar-refractivity contribution < 1.29 is 14.2 Å². The van der Waals surface area contributed by atoms with Gasteiger partial charge in [0, 0.05) is 20.2 Å². The lowest BCUT2D eigenvalue weighted by Gasteiger charge is -2.27. The van der Waals surface area contributed by atoms with E-state index in [-0.39, 0.29) is 0 Å². The molecule has 0 aromatic carbocycles. The van der Waals surface area contributed by atoms with Gasteiger partial charge in [0.2, 0.25) is 0 Å². The smallest absolute Gasteiger partial charge is 0.254 e. The van der Waals surface area contributed by atoms with Gasteiger partial charge in [0.25, 0.3) is 5.91 Å². The molecule has 0 saturated carbocycles. The first-order chi connectivity index (χ1) is 5.37. The molecular formula is C7H13NO3. The SMILES string of the molecule is COCC12OCCN1CCO2. The van der Waals surface area contributed by atoms with Crippen molar-refractivity contribution in [2.45, 2.75) is 5.91 Å². The first-order valence-electron chi connectivity index (χ1n) is 3.89. The average Bonchev–Trinajstić information content (AvgIpc) is 2.45. The lowest BCUT2D eigenvalue weighted by molar-refractivity contribution is -0.254. The first kappa shape index (κ1) is 7.49. The molecule has 2 aliphatic rings. The van der Waals surface area contributed by atoms with Crippen LogP contribution in [0.1, 0.15) is 0 Å². The van der Waals surface area contributed by atoms with E-state index in [1.807, 2.05) is 0 Å². The molecule has 64 valence electrons. The first-order valence-corrected chi connectivity index (χ1v) is 3.89. The Morgan fingerprint density at radius 2 is 2.00 bits per heavy atom. The minimum Gasteiger partial charge on any atom is -0.377 e. The molecule has 2 saturated heterocycles. The molecule has 0 aliphatic carbocycles. The van der Waals surface area contributed by atoms with Crippen LogP contribution in [0.15, 0.2) is 0 Å². The Labute approximate surface area is 66.0 Å². The van der Waals surface area contributed by atoms with E-state index in [1.54, 1.807) is 7.11 Å². The summed E-state index contributed by atoms with van der Waals surface area (Å²) in [6.07, 6.45) is 0. The lowest BCUT2D eigenvalue weighted by atomic mass is 10.4. The van der Waals surface area contributed by atoms with Gasteiger partial charge in [0.15, 0.2) is 0 Å². The Morgan fingerprint density at radius 3 is 2.55 bits per heavy atom. The van der Waals surface area contributed by atoms with Gasteiger partial charge < -0.3 is 14.2 Å². The fourth-order valence-electron chi connectivity index (χ4n) is 1.66. The summed E-state index contributed by atoms with van der Waals surface area (Å²) in [5.41, 5.74) is 0. The second kappa shape index (κ2) is 2.71. The van der Waals surface area contributed by atoms with E-state index in [1.165, 1.54) is 0 Å². The molecule has 0 bridgehead atoms. The largest absolute Gasteiger partial charge is 0.377 e. The zero-order chi connectivity index (χ0) is 7.73. The number of rotatable bonds is 2. The van der Waals surface area contributed by atoms with E-state index in [4.69, 9.17) is 14.2 Å². The summed E-state index contributed by atoms with van der Waals surface area (Å²) < 4.78 is 16.0. The van der Waals surface area contributed by atoms with Crippen LogP contribution in [-0.2, 0) is 14.2 Å². The summed E-state index contributed by atoms with van der Waals surface area (Å²) in [7, 11) is 1.66. The molecule has 0 aromatic rings. The molecule has 0 N–H and O–H groups in total. The van der Waals surface area contributed by atoms with Crippen LogP contribution >= 0.6 is 0 Å². The van der Waals surface area contributed by atoms with E-state index < -0.39 is 5.91 Å². The number of methoxy groups -OCH3 is 1. The molecule has 11 heavy (non-hydrogen) atoms. The van der Waals surface area contributed by atoms with E-state index in [2.05, 4.69) is 4.90 Å². The minimum atomic E-state index is -0.533. The quantitative estimate of drug-likeness (QED) is 0.551. The Kier molecular flexibility index (Phi) is 1.85. The molecule has 0 radical (unpaired) electrons. The Bertz CT molecular complexity index is 141. The van der Waals surface area contributed by atoms with Gasteiger partial charge in [-0.25, -0.2) is 4.90 Å². The normalized spacial score (nSPS) is 29.2. The summed E-state index contributed by atoms with van der Waals surface area (Å²) in [6, 6.07) is 0. The van der Waals surface area contributed by atoms with Crippen LogP contribution in [0.2, 0.25) is 0 Å². The number of hydrogen-bond acceptors (Lipinski definition) is 4. The van der Waals surface area contributed by atoms with E-state index in [0.29, 0.717) is 6.61 Å². The van der Waals surface area contributed by atoms with Crippen molar-refractivity contribution >= 4 is 0 Å². The zero-order valence-corrected chi connectivity index (χ0v) is 6.71. The highest BCUT2D eigenvalue weighted by Gasteiger charge is 2.47. The Balaban J connectivity index is 2.07. The van der Waals surface area contributed by atoms with Crippen LogP contribution in [0.4, 0.5) is 0 Å². The van der Waals surface area contributed by atoms with Gasteiger partial charge >= 0.3 is 0 Å². The van der Waals surface area contributed by atoms with Gasteiger partial charge in [-0.15, -0.1) is 0 Å². The van der Waals surface area contributed by atoms with Crippen molar-refractivity contribution in [3.05, 3.63) is 0 Å². The van der Waals surface area contributed by atoms with Crippen molar-refractivity contribution in [3.63, 3.8) is 0 Å². The average molecular weight is 159 g/mol. The third-order valence-electron chi connectivity index (χ3n) is 2.19. The number of ether oxygens (including phenoxy) is 3. The maximum Gasteiger partial charge on any atom is 0.254 e.